The quantitative estimate of drug-likeness (QED) is 0.875. The first-order chi connectivity index (χ1) is 13.3. The number of rotatable bonds is 5. The highest BCUT2D eigenvalue weighted by Gasteiger charge is 2.33. The van der Waals surface area contributed by atoms with Gasteiger partial charge in [0.05, 0.1) is 13.3 Å². The van der Waals surface area contributed by atoms with E-state index in [0.29, 0.717) is 29.8 Å². The molecule has 1 amide bonds. The number of hydrogen-bond donors (Lipinski definition) is 1. The fourth-order valence-electron chi connectivity index (χ4n) is 4.49. The topological polar surface area (TPSA) is 67.6 Å². The van der Waals surface area contributed by atoms with E-state index in [9.17, 15) is 4.79 Å². The molecule has 2 aliphatic heterocycles. The van der Waals surface area contributed by atoms with E-state index in [1.165, 1.54) is 51.4 Å². The molecular formula is C21H27N3O3. The van der Waals surface area contributed by atoms with E-state index >= 15 is 0 Å². The lowest BCUT2D eigenvalue weighted by Crippen LogP contribution is -2.51. The van der Waals surface area contributed by atoms with Crippen LogP contribution in [0.1, 0.15) is 42.5 Å². The SMILES string of the molecule is COc1ccc(-c2oncc2C(=O)NC[C@H]2CCCN3CCCC[C@@H]23)cc1. The third-order valence-electron chi connectivity index (χ3n) is 5.92. The van der Waals surface area contributed by atoms with E-state index in [4.69, 9.17) is 9.26 Å². The molecule has 1 aromatic heterocycles. The summed E-state index contributed by atoms with van der Waals surface area (Å²) in [6.45, 7) is 3.14. The monoisotopic (exact) mass is 369 g/mol. The van der Waals surface area contributed by atoms with Crippen LogP contribution >= 0.6 is 0 Å². The highest BCUT2D eigenvalue weighted by molar-refractivity contribution is 5.99. The Morgan fingerprint density at radius 1 is 1.22 bits per heavy atom. The normalized spacial score (nSPS) is 22.9. The summed E-state index contributed by atoms with van der Waals surface area (Å²) in [4.78, 5) is 15.4. The van der Waals surface area contributed by atoms with E-state index in [1.54, 1.807) is 7.11 Å². The summed E-state index contributed by atoms with van der Waals surface area (Å²) in [5.74, 6) is 1.68. The van der Waals surface area contributed by atoms with Gasteiger partial charge in [0, 0.05) is 18.2 Å². The lowest BCUT2D eigenvalue weighted by Gasteiger charge is -2.44. The molecule has 0 radical (unpaired) electrons. The molecule has 6 heteroatoms. The van der Waals surface area contributed by atoms with E-state index in [2.05, 4.69) is 15.4 Å². The summed E-state index contributed by atoms with van der Waals surface area (Å²) >= 11 is 0. The Kier molecular flexibility index (Phi) is 5.43. The van der Waals surface area contributed by atoms with Crippen molar-refractivity contribution in [3.8, 4) is 17.1 Å². The zero-order chi connectivity index (χ0) is 18.6. The highest BCUT2D eigenvalue weighted by Crippen LogP contribution is 2.31. The second kappa shape index (κ2) is 8.13. The average molecular weight is 369 g/mol. The number of carbonyl (C=O) groups excluding carboxylic acids is 1. The number of aromatic nitrogens is 1. The number of fused-ring (bicyclic) bond motifs is 1. The molecule has 2 saturated heterocycles. The minimum Gasteiger partial charge on any atom is -0.497 e. The van der Waals surface area contributed by atoms with Crippen molar-refractivity contribution in [3.05, 3.63) is 36.0 Å². The molecule has 2 aromatic rings. The predicted molar refractivity (Wildman–Crippen MR) is 103 cm³/mol. The molecule has 0 spiro atoms. The average Bonchev–Trinajstić information content (AvgIpc) is 3.22. The number of ether oxygens (including phenoxy) is 1. The number of carbonyl (C=O) groups is 1. The molecule has 3 heterocycles. The summed E-state index contributed by atoms with van der Waals surface area (Å²) in [5, 5.41) is 6.98. The standard InChI is InChI=1S/C21H27N3O3/c1-26-17-9-7-15(8-10-17)20-18(14-23-27-20)21(25)22-13-16-5-4-12-24-11-3-2-6-19(16)24/h7-10,14,16,19H,2-6,11-13H2,1H3,(H,22,25)/t16-,19+/m1/s1. The maximum Gasteiger partial charge on any atom is 0.256 e. The molecule has 2 atom stereocenters. The van der Waals surface area contributed by atoms with Crippen molar-refractivity contribution in [2.75, 3.05) is 26.7 Å². The van der Waals surface area contributed by atoms with Crippen LogP contribution in [0, 0.1) is 5.92 Å². The van der Waals surface area contributed by atoms with Crippen molar-refractivity contribution >= 4 is 5.91 Å². The number of nitrogens with one attached hydrogen (secondary N) is 1. The maximum absolute atomic E-state index is 12.8. The summed E-state index contributed by atoms with van der Waals surface area (Å²) in [7, 11) is 1.63. The number of nitrogens with zero attached hydrogens (tertiary/aromatic N) is 2. The Hall–Kier alpha value is -2.34. The first-order valence-electron chi connectivity index (χ1n) is 9.87. The number of benzene rings is 1. The van der Waals surface area contributed by atoms with Gasteiger partial charge in [-0.1, -0.05) is 11.6 Å². The van der Waals surface area contributed by atoms with Crippen LogP contribution in [-0.2, 0) is 0 Å². The van der Waals surface area contributed by atoms with Crippen molar-refractivity contribution < 1.29 is 14.1 Å². The molecule has 2 aliphatic rings. The summed E-state index contributed by atoms with van der Waals surface area (Å²) in [5.41, 5.74) is 1.30. The van der Waals surface area contributed by atoms with Gasteiger partial charge in [0.1, 0.15) is 11.3 Å². The van der Waals surface area contributed by atoms with Crippen molar-refractivity contribution in [1.82, 2.24) is 15.4 Å². The highest BCUT2D eigenvalue weighted by atomic mass is 16.5. The van der Waals surface area contributed by atoms with Gasteiger partial charge in [0.15, 0.2) is 5.76 Å². The molecule has 1 aromatic carbocycles. The van der Waals surface area contributed by atoms with E-state index in [0.717, 1.165) is 11.3 Å². The lowest BCUT2D eigenvalue weighted by atomic mass is 9.83. The molecule has 0 aliphatic carbocycles. The van der Waals surface area contributed by atoms with Crippen LogP contribution in [0.2, 0.25) is 0 Å². The van der Waals surface area contributed by atoms with Crippen molar-refractivity contribution in [2.45, 2.75) is 38.1 Å². The fraction of sp³-hybridized carbons (Fsp3) is 0.524. The second-order valence-corrected chi connectivity index (χ2v) is 7.51. The first-order valence-corrected chi connectivity index (χ1v) is 9.87. The summed E-state index contributed by atoms with van der Waals surface area (Å²) in [6.07, 6.45) is 7.78. The molecule has 2 fully saturated rings. The molecule has 0 saturated carbocycles. The second-order valence-electron chi connectivity index (χ2n) is 7.51. The fourth-order valence-corrected chi connectivity index (χ4v) is 4.49. The van der Waals surface area contributed by atoms with Crippen LogP contribution in [0.5, 0.6) is 5.75 Å². The zero-order valence-electron chi connectivity index (χ0n) is 15.8. The molecular weight excluding hydrogens is 342 g/mol. The minimum atomic E-state index is -0.116. The number of piperidine rings is 2. The van der Waals surface area contributed by atoms with Gasteiger partial charge in [-0.3, -0.25) is 4.79 Å². The number of methoxy groups -OCH3 is 1. The molecule has 144 valence electrons. The predicted octanol–water partition coefficient (Wildman–Crippen LogP) is 3.34. The van der Waals surface area contributed by atoms with Crippen LogP contribution in [-0.4, -0.2) is 48.7 Å². The van der Waals surface area contributed by atoms with Gasteiger partial charge in [0.2, 0.25) is 0 Å². The Labute approximate surface area is 159 Å². The van der Waals surface area contributed by atoms with E-state index in [-0.39, 0.29) is 5.91 Å². The molecule has 0 bridgehead atoms. The molecule has 0 unspecified atom stereocenters. The summed E-state index contributed by atoms with van der Waals surface area (Å²) < 4.78 is 10.5. The van der Waals surface area contributed by atoms with Gasteiger partial charge >= 0.3 is 0 Å². The van der Waals surface area contributed by atoms with Gasteiger partial charge in [-0.2, -0.15) is 0 Å². The van der Waals surface area contributed by atoms with Crippen LogP contribution in [0.25, 0.3) is 11.3 Å². The lowest BCUT2D eigenvalue weighted by molar-refractivity contribution is 0.0575. The Balaban J connectivity index is 1.42. The molecule has 6 nitrogen and oxygen atoms in total. The first kappa shape index (κ1) is 18.0. The Bertz CT molecular complexity index is 769. The van der Waals surface area contributed by atoms with Gasteiger partial charge in [-0.15, -0.1) is 0 Å². The molecule has 4 rings (SSSR count). The zero-order valence-corrected chi connectivity index (χ0v) is 15.8. The molecule has 1 N–H and O–H groups in total. The van der Waals surface area contributed by atoms with Crippen LogP contribution in [0.4, 0.5) is 0 Å². The van der Waals surface area contributed by atoms with E-state index in [1.807, 2.05) is 24.3 Å². The van der Waals surface area contributed by atoms with Crippen LogP contribution in [0.15, 0.2) is 35.0 Å². The third-order valence-corrected chi connectivity index (χ3v) is 5.92. The van der Waals surface area contributed by atoms with E-state index < -0.39 is 0 Å². The van der Waals surface area contributed by atoms with Gasteiger partial charge in [0.25, 0.3) is 5.91 Å². The Morgan fingerprint density at radius 2 is 2.04 bits per heavy atom. The van der Waals surface area contributed by atoms with Gasteiger partial charge in [-0.05, 0) is 69.0 Å². The smallest absolute Gasteiger partial charge is 0.256 e. The van der Waals surface area contributed by atoms with Gasteiger partial charge < -0.3 is 19.5 Å². The van der Waals surface area contributed by atoms with Crippen molar-refractivity contribution in [3.63, 3.8) is 0 Å². The number of amides is 1. The number of hydrogen-bond acceptors (Lipinski definition) is 5. The van der Waals surface area contributed by atoms with Crippen LogP contribution in [0.3, 0.4) is 0 Å². The molecule has 27 heavy (non-hydrogen) atoms. The summed E-state index contributed by atoms with van der Waals surface area (Å²) in [6, 6.07) is 8.06. The third kappa shape index (κ3) is 3.86. The van der Waals surface area contributed by atoms with Crippen molar-refractivity contribution in [2.24, 2.45) is 5.92 Å². The van der Waals surface area contributed by atoms with Crippen molar-refractivity contribution in [1.29, 1.82) is 0 Å². The van der Waals surface area contributed by atoms with Gasteiger partial charge in [-0.25, -0.2) is 0 Å². The maximum atomic E-state index is 12.8. The Morgan fingerprint density at radius 3 is 2.85 bits per heavy atom. The largest absolute Gasteiger partial charge is 0.497 e. The minimum absolute atomic E-state index is 0.116. The van der Waals surface area contributed by atoms with Crippen LogP contribution < -0.4 is 10.1 Å².